The molecule has 0 rings (SSSR count). The fourth-order valence-electron chi connectivity index (χ4n) is 0.856. The second-order valence-electron chi connectivity index (χ2n) is 4.86. The lowest BCUT2D eigenvalue weighted by molar-refractivity contribution is -0.182. The van der Waals surface area contributed by atoms with Gasteiger partial charge in [-0.15, -0.1) is 0 Å². The summed E-state index contributed by atoms with van der Waals surface area (Å²) in [6.45, 7) is 0.886. The van der Waals surface area contributed by atoms with Gasteiger partial charge in [0.15, 0.2) is 0 Å². The lowest BCUT2D eigenvalue weighted by atomic mass is 10.6. The van der Waals surface area contributed by atoms with E-state index in [-0.39, 0.29) is 0 Å². The number of phosphoric ester groups is 1. The zero-order valence-corrected chi connectivity index (χ0v) is 13.8. The molecule has 0 bridgehead atoms. The first-order valence-corrected chi connectivity index (χ1v) is 7.71. The van der Waals surface area contributed by atoms with Crippen LogP contribution in [0.2, 0.25) is 0 Å². The first-order valence-electron chi connectivity index (χ1n) is 6.25. The minimum Gasteiger partial charge on any atom is -0.354 e. The van der Waals surface area contributed by atoms with Crippen molar-refractivity contribution in [3.8, 4) is 0 Å². The summed E-state index contributed by atoms with van der Waals surface area (Å²) in [6.07, 6.45) is 0. The van der Waals surface area contributed by atoms with E-state index in [1.54, 1.807) is 0 Å². The highest BCUT2D eigenvalue weighted by molar-refractivity contribution is 7.48. The van der Waals surface area contributed by atoms with Crippen molar-refractivity contribution in [2.75, 3.05) is 20.2 Å². The minimum absolute atomic E-state index is 0.675. The molecule has 0 aliphatic carbocycles. The number of phosphoric acid groups is 1. The topological polar surface area (TPSA) is 202 Å². The molecule has 0 fully saturated rings. The molecule has 0 aromatic carbocycles. The molecule has 0 aromatic rings. The van der Waals surface area contributed by atoms with Crippen molar-refractivity contribution < 1.29 is 48.8 Å². The van der Waals surface area contributed by atoms with Gasteiger partial charge in [-0.25, -0.2) is 20.5 Å². The average molecular weight is 365 g/mol. The molecule has 0 atom stereocenters. The third-order valence-electron chi connectivity index (χ3n) is 1.89. The van der Waals surface area contributed by atoms with E-state index >= 15 is 0 Å². The van der Waals surface area contributed by atoms with Crippen molar-refractivity contribution in [3.05, 3.63) is 0 Å². The summed E-state index contributed by atoms with van der Waals surface area (Å²) in [7, 11) is -4.33. The third kappa shape index (κ3) is 15.0. The maximum Gasteiger partial charge on any atom is 0.478 e. The van der Waals surface area contributed by atoms with Crippen molar-refractivity contribution in [2.24, 2.45) is 0 Å². The van der Waals surface area contributed by atoms with Crippen LogP contribution in [0.5, 0.6) is 0 Å². The molecule has 0 heterocycles. The quantitative estimate of drug-likeness (QED) is 0.123. The van der Waals surface area contributed by atoms with Crippen LogP contribution in [-0.2, 0) is 18.1 Å². The SMILES string of the molecule is CC(O)(O)NCOP(=O)(OCNC(C)(O)O)OCNC(C)(O)O. The van der Waals surface area contributed by atoms with E-state index < -0.39 is 45.7 Å². The highest BCUT2D eigenvalue weighted by Gasteiger charge is 2.30. The van der Waals surface area contributed by atoms with E-state index in [1.807, 2.05) is 16.0 Å². The Kier molecular flexibility index (Phi) is 8.64. The lowest BCUT2D eigenvalue weighted by Gasteiger charge is -2.24. The molecule has 0 aromatic heterocycles. The van der Waals surface area contributed by atoms with E-state index in [9.17, 15) is 4.57 Å². The monoisotopic (exact) mass is 365 g/mol. The Morgan fingerprint density at radius 1 is 0.696 bits per heavy atom. The van der Waals surface area contributed by atoms with Crippen LogP contribution in [0, 0.1) is 0 Å². The summed E-state index contributed by atoms with van der Waals surface area (Å²) in [6, 6.07) is 0. The van der Waals surface area contributed by atoms with Gasteiger partial charge in [0.1, 0.15) is 20.2 Å². The van der Waals surface area contributed by atoms with Crippen molar-refractivity contribution in [2.45, 2.75) is 38.5 Å². The van der Waals surface area contributed by atoms with Gasteiger partial charge < -0.3 is 30.6 Å². The van der Waals surface area contributed by atoms with Gasteiger partial charge in [0, 0.05) is 20.8 Å². The zero-order chi connectivity index (χ0) is 18.4. The minimum atomic E-state index is -4.33. The Hall–Kier alpha value is -0.250. The Morgan fingerprint density at radius 2 is 0.913 bits per heavy atom. The first kappa shape index (κ1) is 22.8. The van der Waals surface area contributed by atoms with Crippen LogP contribution in [0.15, 0.2) is 0 Å². The van der Waals surface area contributed by atoms with E-state index in [0.717, 1.165) is 20.8 Å². The zero-order valence-electron chi connectivity index (χ0n) is 12.9. The summed E-state index contributed by atoms with van der Waals surface area (Å²) in [5.74, 6) is -6.94. The fraction of sp³-hybridized carbons (Fsp3) is 1.00. The molecule has 13 nitrogen and oxygen atoms in total. The smallest absolute Gasteiger partial charge is 0.354 e. The Balaban J connectivity index is 4.53. The van der Waals surface area contributed by atoms with Gasteiger partial charge in [-0.1, -0.05) is 0 Å². The van der Waals surface area contributed by atoms with E-state index in [1.165, 1.54) is 0 Å². The van der Waals surface area contributed by atoms with Crippen molar-refractivity contribution in [1.29, 1.82) is 0 Å². The molecule has 0 spiro atoms. The van der Waals surface area contributed by atoms with E-state index in [2.05, 4.69) is 0 Å². The standard InChI is InChI=1S/C9H24N3O10P/c1-7(13,14)10-4-20-23(19,21-5-11-8(2,15)16)22-6-12-9(3,17)18/h10-18H,4-6H2,1-3H3. The lowest BCUT2D eigenvalue weighted by Crippen LogP contribution is -2.44. The Labute approximate surface area is 132 Å². The van der Waals surface area contributed by atoms with E-state index in [0.29, 0.717) is 0 Å². The summed E-state index contributed by atoms with van der Waals surface area (Å²) in [5.41, 5.74) is 0. The van der Waals surface area contributed by atoms with Crippen molar-refractivity contribution in [1.82, 2.24) is 16.0 Å². The molecule has 0 saturated heterocycles. The van der Waals surface area contributed by atoms with Gasteiger partial charge in [0.05, 0.1) is 0 Å². The summed E-state index contributed by atoms with van der Waals surface area (Å²) in [4.78, 5) is 0. The molecule has 0 radical (unpaired) electrons. The molecule has 0 aliphatic heterocycles. The molecule has 9 N–H and O–H groups in total. The predicted molar refractivity (Wildman–Crippen MR) is 73.4 cm³/mol. The molecule has 140 valence electrons. The molecular formula is C9H24N3O10P. The van der Waals surface area contributed by atoms with Gasteiger partial charge in [0.25, 0.3) is 0 Å². The Morgan fingerprint density at radius 3 is 1.09 bits per heavy atom. The molecule has 14 heteroatoms. The second-order valence-corrected chi connectivity index (χ2v) is 6.53. The van der Waals surface area contributed by atoms with Crippen molar-refractivity contribution in [3.63, 3.8) is 0 Å². The number of hydrogen-bond acceptors (Lipinski definition) is 13. The second kappa shape index (κ2) is 8.73. The van der Waals surface area contributed by atoms with Crippen LogP contribution >= 0.6 is 7.82 Å². The van der Waals surface area contributed by atoms with Gasteiger partial charge in [-0.05, 0) is 0 Å². The molecule has 0 aliphatic rings. The van der Waals surface area contributed by atoms with Crippen molar-refractivity contribution >= 4 is 7.82 Å². The number of aliphatic hydroxyl groups is 6. The van der Waals surface area contributed by atoms with Gasteiger partial charge in [0.2, 0.25) is 17.7 Å². The molecular weight excluding hydrogens is 341 g/mol. The number of rotatable bonds is 12. The number of hydrogen-bond donors (Lipinski definition) is 9. The van der Waals surface area contributed by atoms with Gasteiger partial charge in [-0.2, -0.15) is 0 Å². The van der Waals surface area contributed by atoms with Crippen LogP contribution in [0.1, 0.15) is 20.8 Å². The highest BCUT2D eigenvalue weighted by Crippen LogP contribution is 2.48. The first-order chi connectivity index (χ1) is 10.1. The normalized spacial score (nSPS) is 14.3. The third-order valence-corrected chi connectivity index (χ3v) is 3.23. The maximum absolute atomic E-state index is 12.2. The van der Waals surface area contributed by atoms with Crippen LogP contribution in [0.4, 0.5) is 0 Å². The largest absolute Gasteiger partial charge is 0.478 e. The summed E-state index contributed by atoms with van der Waals surface area (Å²) in [5, 5.41) is 60.1. The summed E-state index contributed by atoms with van der Waals surface area (Å²) < 4.78 is 26.3. The Bertz CT molecular complexity index is 331. The van der Waals surface area contributed by atoms with Crippen LogP contribution in [-0.4, -0.2) is 68.6 Å². The van der Waals surface area contributed by atoms with Crippen LogP contribution in [0.25, 0.3) is 0 Å². The van der Waals surface area contributed by atoms with Gasteiger partial charge in [-0.3, -0.25) is 13.6 Å². The van der Waals surface area contributed by atoms with Gasteiger partial charge >= 0.3 is 7.82 Å². The van der Waals surface area contributed by atoms with Crippen LogP contribution < -0.4 is 16.0 Å². The van der Waals surface area contributed by atoms with E-state index in [4.69, 9.17) is 44.2 Å². The average Bonchev–Trinajstić information content (AvgIpc) is 2.22. The predicted octanol–water partition coefficient (Wildman–Crippen LogP) is -3.24. The number of nitrogens with one attached hydrogen (secondary N) is 3. The fourth-order valence-corrected chi connectivity index (χ4v) is 1.75. The van der Waals surface area contributed by atoms with Crippen LogP contribution in [0.3, 0.4) is 0 Å². The maximum atomic E-state index is 12.2. The highest BCUT2D eigenvalue weighted by atomic mass is 31.2. The summed E-state index contributed by atoms with van der Waals surface area (Å²) >= 11 is 0. The molecule has 0 unspecified atom stereocenters. The molecule has 0 saturated carbocycles. The molecule has 0 amide bonds. The molecule has 23 heavy (non-hydrogen) atoms.